The van der Waals surface area contributed by atoms with Crippen LogP contribution < -0.4 is 0 Å². The molecule has 2 heterocycles. The number of rotatable bonds is 3. The van der Waals surface area contributed by atoms with Crippen molar-refractivity contribution in [2.24, 2.45) is 0 Å². The number of nitro groups is 1. The maximum atomic E-state index is 11.6. The molecule has 0 saturated heterocycles. The molecule has 0 saturated carbocycles. The van der Waals surface area contributed by atoms with Crippen LogP contribution in [0.4, 0.5) is 5.69 Å². The van der Waals surface area contributed by atoms with Gasteiger partial charge >= 0.3 is 5.97 Å². The van der Waals surface area contributed by atoms with Gasteiger partial charge in [-0.1, -0.05) is 12.1 Å². The van der Waals surface area contributed by atoms with Crippen molar-refractivity contribution in [3.05, 3.63) is 51.1 Å². The van der Waals surface area contributed by atoms with Gasteiger partial charge in [-0.05, 0) is 19.3 Å². The van der Waals surface area contributed by atoms with Crippen LogP contribution in [0.25, 0.3) is 16.2 Å². The summed E-state index contributed by atoms with van der Waals surface area (Å²) in [5, 5.41) is 20.4. The highest BCUT2D eigenvalue weighted by Gasteiger charge is 2.31. The number of aliphatic carboxylic acids is 1. The summed E-state index contributed by atoms with van der Waals surface area (Å²) < 4.78 is 1.84. The minimum absolute atomic E-state index is 0.00861. The Morgan fingerprint density at radius 3 is 3.04 bits per heavy atom. The fourth-order valence-corrected chi connectivity index (χ4v) is 4.41. The lowest BCUT2D eigenvalue weighted by Gasteiger charge is -2.18. The lowest BCUT2D eigenvalue weighted by atomic mass is 9.91. The Kier molecular flexibility index (Phi) is 3.34. The zero-order valence-corrected chi connectivity index (χ0v) is 13.3. The number of aryl methyl sites for hydroxylation is 1. The summed E-state index contributed by atoms with van der Waals surface area (Å²) in [5.74, 6) is -1.34. The SMILES string of the molecule is O=C(O)C1CCCc2sc3nc(-c4cccc([N+](=O)[O-])c4)cn3c21. The van der Waals surface area contributed by atoms with Crippen LogP contribution in [0.2, 0.25) is 0 Å². The molecule has 8 heteroatoms. The molecular weight excluding hydrogens is 330 g/mol. The topological polar surface area (TPSA) is 97.7 Å². The van der Waals surface area contributed by atoms with Crippen molar-refractivity contribution < 1.29 is 14.8 Å². The summed E-state index contributed by atoms with van der Waals surface area (Å²) in [6.07, 6.45) is 4.15. The molecule has 0 aliphatic heterocycles. The fourth-order valence-electron chi connectivity index (χ4n) is 3.21. The van der Waals surface area contributed by atoms with Crippen molar-refractivity contribution in [2.75, 3.05) is 0 Å². The maximum Gasteiger partial charge on any atom is 0.312 e. The number of thiazole rings is 1. The number of carboxylic acids is 1. The van der Waals surface area contributed by atoms with E-state index in [4.69, 9.17) is 0 Å². The highest BCUT2D eigenvalue weighted by atomic mass is 32.1. The molecule has 7 nitrogen and oxygen atoms in total. The number of hydrogen-bond acceptors (Lipinski definition) is 5. The van der Waals surface area contributed by atoms with Crippen molar-refractivity contribution in [3.63, 3.8) is 0 Å². The van der Waals surface area contributed by atoms with Crippen LogP contribution in [0.5, 0.6) is 0 Å². The molecule has 1 aromatic carbocycles. The smallest absolute Gasteiger partial charge is 0.312 e. The predicted octanol–water partition coefficient (Wildman–Crippen LogP) is 3.48. The van der Waals surface area contributed by atoms with Crippen LogP contribution in [0.1, 0.15) is 29.3 Å². The van der Waals surface area contributed by atoms with E-state index in [9.17, 15) is 20.0 Å². The van der Waals surface area contributed by atoms with Gasteiger partial charge < -0.3 is 5.11 Å². The fraction of sp³-hybridized carbons (Fsp3) is 0.250. The number of fused-ring (bicyclic) bond motifs is 3. The minimum atomic E-state index is -0.818. The van der Waals surface area contributed by atoms with E-state index in [1.54, 1.807) is 18.3 Å². The molecule has 122 valence electrons. The van der Waals surface area contributed by atoms with Crippen LogP contribution in [-0.4, -0.2) is 25.4 Å². The molecule has 1 N–H and O–H groups in total. The number of hydrogen-bond donors (Lipinski definition) is 1. The van der Waals surface area contributed by atoms with Crippen molar-refractivity contribution in [1.29, 1.82) is 0 Å². The van der Waals surface area contributed by atoms with Gasteiger partial charge in [0.25, 0.3) is 5.69 Å². The number of carbonyl (C=O) groups is 1. The average molecular weight is 343 g/mol. The van der Waals surface area contributed by atoms with Crippen molar-refractivity contribution in [3.8, 4) is 11.3 Å². The van der Waals surface area contributed by atoms with E-state index in [0.29, 0.717) is 17.7 Å². The molecule has 0 amide bonds. The Bertz CT molecular complexity index is 975. The first kappa shape index (κ1) is 14.8. The number of nitro benzene ring substituents is 1. The molecule has 3 aromatic rings. The molecule has 2 aromatic heterocycles. The van der Waals surface area contributed by atoms with Crippen molar-refractivity contribution >= 4 is 28.0 Å². The third-order valence-corrected chi connectivity index (χ3v) is 5.44. The molecule has 0 spiro atoms. The minimum Gasteiger partial charge on any atom is -0.481 e. The quantitative estimate of drug-likeness (QED) is 0.580. The first-order valence-corrected chi connectivity index (χ1v) is 8.34. The van der Waals surface area contributed by atoms with Gasteiger partial charge in [-0.15, -0.1) is 11.3 Å². The van der Waals surface area contributed by atoms with Gasteiger partial charge in [0.15, 0.2) is 4.96 Å². The Balaban J connectivity index is 1.84. The van der Waals surface area contributed by atoms with Gasteiger partial charge in [0.1, 0.15) is 0 Å². The third-order valence-electron chi connectivity index (χ3n) is 4.31. The highest BCUT2D eigenvalue weighted by Crippen LogP contribution is 2.38. The van der Waals surface area contributed by atoms with E-state index < -0.39 is 16.8 Å². The summed E-state index contributed by atoms with van der Waals surface area (Å²) in [7, 11) is 0. The van der Waals surface area contributed by atoms with Gasteiger partial charge in [0.05, 0.1) is 22.2 Å². The summed E-state index contributed by atoms with van der Waals surface area (Å²) in [4.78, 5) is 28.4. The molecule has 4 rings (SSSR count). The Hall–Kier alpha value is -2.74. The second kappa shape index (κ2) is 5.41. The maximum absolute atomic E-state index is 11.6. The first-order chi connectivity index (χ1) is 11.5. The molecule has 24 heavy (non-hydrogen) atoms. The van der Waals surface area contributed by atoms with Crippen molar-refractivity contribution in [1.82, 2.24) is 9.38 Å². The van der Waals surface area contributed by atoms with E-state index in [0.717, 1.165) is 28.4 Å². The van der Waals surface area contributed by atoms with Gasteiger partial charge in [-0.25, -0.2) is 4.98 Å². The molecule has 1 atom stereocenters. The lowest BCUT2D eigenvalue weighted by molar-refractivity contribution is -0.384. The van der Waals surface area contributed by atoms with E-state index in [-0.39, 0.29) is 5.69 Å². The van der Waals surface area contributed by atoms with Gasteiger partial charge in [-0.2, -0.15) is 0 Å². The van der Waals surface area contributed by atoms with Crippen LogP contribution in [0.3, 0.4) is 0 Å². The summed E-state index contributed by atoms with van der Waals surface area (Å²) in [5.41, 5.74) is 2.08. The Morgan fingerprint density at radius 2 is 2.29 bits per heavy atom. The van der Waals surface area contributed by atoms with Crippen LogP contribution in [-0.2, 0) is 11.2 Å². The molecule has 1 unspecified atom stereocenters. The summed E-state index contributed by atoms with van der Waals surface area (Å²) in [6.45, 7) is 0. The lowest BCUT2D eigenvalue weighted by Crippen LogP contribution is -2.18. The van der Waals surface area contributed by atoms with E-state index in [2.05, 4.69) is 4.98 Å². The predicted molar refractivity (Wildman–Crippen MR) is 88.5 cm³/mol. The van der Waals surface area contributed by atoms with Crippen LogP contribution in [0, 0.1) is 10.1 Å². The first-order valence-electron chi connectivity index (χ1n) is 7.53. The number of nitrogens with zero attached hydrogens (tertiary/aromatic N) is 3. The van der Waals surface area contributed by atoms with Crippen LogP contribution in [0.15, 0.2) is 30.5 Å². The second-order valence-corrected chi connectivity index (χ2v) is 6.84. The number of imidazole rings is 1. The van der Waals surface area contributed by atoms with E-state index >= 15 is 0 Å². The molecular formula is C16H13N3O4S. The molecule has 1 aliphatic carbocycles. The van der Waals surface area contributed by atoms with Gasteiger partial charge in [0.2, 0.25) is 0 Å². The summed E-state index contributed by atoms with van der Waals surface area (Å²) >= 11 is 1.50. The zero-order valence-electron chi connectivity index (χ0n) is 12.5. The Morgan fingerprint density at radius 1 is 1.46 bits per heavy atom. The second-order valence-electron chi connectivity index (χ2n) is 5.78. The largest absolute Gasteiger partial charge is 0.481 e. The molecule has 0 radical (unpaired) electrons. The average Bonchev–Trinajstić information content (AvgIpc) is 3.12. The number of benzene rings is 1. The zero-order chi connectivity index (χ0) is 16.8. The molecule has 1 aliphatic rings. The van der Waals surface area contributed by atoms with E-state index in [1.807, 2.05) is 4.40 Å². The van der Waals surface area contributed by atoms with Gasteiger partial charge in [-0.3, -0.25) is 19.3 Å². The van der Waals surface area contributed by atoms with E-state index in [1.165, 1.54) is 23.5 Å². The summed E-state index contributed by atoms with van der Waals surface area (Å²) in [6, 6.07) is 6.30. The number of aromatic nitrogens is 2. The number of carboxylic acid groups (broad SMARTS) is 1. The number of non-ortho nitro benzene ring substituents is 1. The normalized spacial score (nSPS) is 16.9. The van der Waals surface area contributed by atoms with Gasteiger partial charge in [0, 0.05) is 28.8 Å². The standard InChI is InChI=1S/C16H13N3O4S/c20-15(21)11-5-2-6-13-14(11)18-8-12(17-16(18)24-13)9-3-1-4-10(7-9)19(22)23/h1,3-4,7-8,11H,2,5-6H2,(H,20,21). The highest BCUT2D eigenvalue weighted by molar-refractivity contribution is 7.17. The molecule has 0 fully saturated rings. The monoisotopic (exact) mass is 343 g/mol. The van der Waals surface area contributed by atoms with Crippen LogP contribution >= 0.6 is 11.3 Å². The molecule has 0 bridgehead atoms. The Labute approximate surface area is 140 Å². The third kappa shape index (κ3) is 2.26. The van der Waals surface area contributed by atoms with Crippen molar-refractivity contribution in [2.45, 2.75) is 25.2 Å².